The summed E-state index contributed by atoms with van der Waals surface area (Å²) in [5.41, 5.74) is 8.42. The number of benzene rings is 3. The quantitative estimate of drug-likeness (QED) is 0.752. The van der Waals surface area contributed by atoms with Crippen LogP contribution in [0.4, 0.5) is 4.39 Å². The highest BCUT2D eigenvalue weighted by molar-refractivity contribution is 5.26. The molecule has 0 atom stereocenters. The normalized spacial score (nSPS) is 9.73. The van der Waals surface area contributed by atoms with Gasteiger partial charge in [0.05, 0.1) is 0 Å². The molecule has 112 valence electrons. The molecule has 22 heavy (non-hydrogen) atoms. The first-order chi connectivity index (χ1) is 10.8. The average molecular weight is 293 g/mol. The Balaban J connectivity index is 0.000000188. The van der Waals surface area contributed by atoms with Crippen LogP contribution < -0.4 is 5.73 Å². The summed E-state index contributed by atoms with van der Waals surface area (Å²) in [4.78, 5) is 0. The minimum absolute atomic E-state index is 0.128. The van der Waals surface area contributed by atoms with Crippen LogP contribution in [0.15, 0.2) is 84.9 Å². The molecular formula is C20H20FN. The predicted molar refractivity (Wildman–Crippen MR) is 90.0 cm³/mol. The maximum atomic E-state index is 13.3. The van der Waals surface area contributed by atoms with Gasteiger partial charge in [0, 0.05) is 13.0 Å². The Hall–Kier alpha value is -2.45. The fourth-order valence-electron chi connectivity index (χ4n) is 2.07. The van der Waals surface area contributed by atoms with E-state index >= 15 is 0 Å². The van der Waals surface area contributed by atoms with E-state index in [1.165, 1.54) is 11.6 Å². The van der Waals surface area contributed by atoms with Crippen LogP contribution in [0.3, 0.4) is 0 Å². The smallest absolute Gasteiger partial charge is 0.126 e. The van der Waals surface area contributed by atoms with Crippen molar-refractivity contribution in [1.82, 2.24) is 0 Å². The molecule has 0 aliphatic rings. The summed E-state index contributed by atoms with van der Waals surface area (Å²) in [6.07, 6.45) is 0.660. The zero-order valence-electron chi connectivity index (χ0n) is 12.5. The van der Waals surface area contributed by atoms with Gasteiger partial charge in [0.1, 0.15) is 5.82 Å². The van der Waals surface area contributed by atoms with Crippen LogP contribution in [0.1, 0.15) is 16.7 Å². The molecule has 2 heteroatoms. The first-order valence-corrected chi connectivity index (χ1v) is 7.31. The lowest BCUT2D eigenvalue weighted by molar-refractivity contribution is 0.614. The van der Waals surface area contributed by atoms with Crippen LogP contribution >= 0.6 is 0 Å². The Labute approximate surface area is 131 Å². The largest absolute Gasteiger partial charge is 0.326 e. The van der Waals surface area contributed by atoms with Gasteiger partial charge >= 0.3 is 0 Å². The third kappa shape index (κ3) is 5.15. The first-order valence-electron chi connectivity index (χ1n) is 7.31. The molecule has 0 aromatic heterocycles. The van der Waals surface area contributed by atoms with Gasteiger partial charge in [-0.3, -0.25) is 0 Å². The standard InChI is InChI=1S/C13H11F.C7H9N/c14-13-9-5-4-8-12(13)10-11-6-2-1-3-7-11;8-6-7-4-2-1-3-5-7/h1-9H,10H2;1-5H,6,8H2. The van der Waals surface area contributed by atoms with Crippen LogP contribution in [-0.2, 0) is 13.0 Å². The highest BCUT2D eigenvalue weighted by atomic mass is 19.1. The maximum absolute atomic E-state index is 13.3. The van der Waals surface area contributed by atoms with Crippen molar-refractivity contribution in [2.45, 2.75) is 13.0 Å². The minimum Gasteiger partial charge on any atom is -0.326 e. The zero-order valence-corrected chi connectivity index (χ0v) is 12.5. The van der Waals surface area contributed by atoms with Gasteiger partial charge in [0.2, 0.25) is 0 Å². The van der Waals surface area contributed by atoms with Gasteiger partial charge in [-0.2, -0.15) is 0 Å². The molecule has 0 bridgehead atoms. The average Bonchev–Trinajstić information content (AvgIpc) is 2.59. The van der Waals surface area contributed by atoms with E-state index < -0.39 is 0 Å². The van der Waals surface area contributed by atoms with E-state index in [1.807, 2.05) is 72.8 Å². The Bertz CT molecular complexity index is 666. The minimum atomic E-state index is -0.128. The van der Waals surface area contributed by atoms with E-state index in [4.69, 9.17) is 5.73 Å². The zero-order chi connectivity index (χ0) is 15.6. The molecule has 3 rings (SSSR count). The van der Waals surface area contributed by atoms with E-state index in [0.29, 0.717) is 13.0 Å². The van der Waals surface area contributed by atoms with Crippen molar-refractivity contribution in [1.29, 1.82) is 0 Å². The number of halogens is 1. The Morgan fingerprint density at radius 2 is 1.14 bits per heavy atom. The summed E-state index contributed by atoms with van der Waals surface area (Å²) < 4.78 is 13.3. The van der Waals surface area contributed by atoms with E-state index in [-0.39, 0.29) is 5.82 Å². The lowest BCUT2D eigenvalue weighted by atomic mass is 10.0. The van der Waals surface area contributed by atoms with Crippen molar-refractivity contribution in [3.05, 3.63) is 107 Å². The van der Waals surface area contributed by atoms with Crippen molar-refractivity contribution in [2.24, 2.45) is 5.73 Å². The molecule has 0 amide bonds. The molecule has 2 N–H and O–H groups in total. The second-order valence-electron chi connectivity index (χ2n) is 4.94. The van der Waals surface area contributed by atoms with E-state index in [0.717, 1.165) is 11.1 Å². The third-order valence-electron chi connectivity index (χ3n) is 3.27. The van der Waals surface area contributed by atoms with E-state index in [1.54, 1.807) is 6.07 Å². The summed E-state index contributed by atoms with van der Waals surface area (Å²) in [7, 11) is 0. The Morgan fingerprint density at radius 1 is 0.636 bits per heavy atom. The Morgan fingerprint density at radius 3 is 1.64 bits per heavy atom. The summed E-state index contributed by atoms with van der Waals surface area (Å²) in [6.45, 7) is 0.640. The lowest BCUT2D eigenvalue weighted by Gasteiger charge is -2.02. The van der Waals surface area contributed by atoms with Crippen molar-refractivity contribution in [2.75, 3.05) is 0 Å². The van der Waals surface area contributed by atoms with Gasteiger partial charge in [0.25, 0.3) is 0 Å². The van der Waals surface area contributed by atoms with Crippen LogP contribution in [0.5, 0.6) is 0 Å². The van der Waals surface area contributed by atoms with E-state index in [9.17, 15) is 4.39 Å². The SMILES string of the molecule is Fc1ccccc1Cc1ccccc1.NCc1ccccc1. The summed E-state index contributed by atoms with van der Waals surface area (Å²) in [5, 5.41) is 0. The predicted octanol–water partition coefficient (Wildman–Crippen LogP) is 4.56. The first kappa shape index (κ1) is 15.9. The maximum Gasteiger partial charge on any atom is 0.126 e. The van der Waals surface area contributed by atoms with Crippen LogP contribution in [0, 0.1) is 5.82 Å². The van der Waals surface area contributed by atoms with Crippen molar-refractivity contribution in [3.63, 3.8) is 0 Å². The van der Waals surface area contributed by atoms with Gasteiger partial charge in [-0.15, -0.1) is 0 Å². The van der Waals surface area contributed by atoms with E-state index in [2.05, 4.69) is 0 Å². The molecule has 0 spiro atoms. The molecule has 0 radical (unpaired) electrons. The lowest BCUT2D eigenvalue weighted by Crippen LogP contribution is -1.94. The van der Waals surface area contributed by atoms with Crippen LogP contribution in [0.25, 0.3) is 0 Å². The second-order valence-corrected chi connectivity index (χ2v) is 4.94. The fraction of sp³-hybridized carbons (Fsp3) is 0.100. The second kappa shape index (κ2) is 8.75. The van der Waals surface area contributed by atoms with Gasteiger partial charge in [0.15, 0.2) is 0 Å². The monoisotopic (exact) mass is 293 g/mol. The molecule has 0 aliphatic heterocycles. The van der Waals surface area contributed by atoms with Gasteiger partial charge in [-0.05, 0) is 22.8 Å². The number of hydrogen-bond acceptors (Lipinski definition) is 1. The van der Waals surface area contributed by atoms with Gasteiger partial charge in [-0.25, -0.2) is 4.39 Å². The van der Waals surface area contributed by atoms with Crippen LogP contribution in [0.2, 0.25) is 0 Å². The van der Waals surface area contributed by atoms with Crippen molar-refractivity contribution >= 4 is 0 Å². The van der Waals surface area contributed by atoms with Crippen molar-refractivity contribution < 1.29 is 4.39 Å². The molecule has 0 saturated carbocycles. The van der Waals surface area contributed by atoms with Crippen molar-refractivity contribution in [3.8, 4) is 0 Å². The highest BCUT2D eigenvalue weighted by Gasteiger charge is 2.00. The topological polar surface area (TPSA) is 26.0 Å². The molecule has 0 heterocycles. The summed E-state index contributed by atoms with van der Waals surface area (Å²) in [5.74, 6) is -0.128. The molecule has 0 fully saturated rings. The Kier molecular flexibility index (Phi) is 6.34. The molecule has 1 nitrogen and oxygen atoms in total. The third-order valence-corrected chi connectivity index (χ3v) is 3.27. The highest BCUT2D eigenvalue weighted by Crippen LogP contribution is 2.12. The molecule has 3 aromatic carbocycles. The van der Waals surface area contributed by atoms with Gasteiger partial charge in [-0.1, -0.05) is 78.9 Å². The molecule has 0 aliphatic carbocycles. The number of nitrogens with two attached hydrogens (primary N) is 1. The molecule has 0 unspecified atom stereocenters. The molecular weight excluding hydrogens is 273 g/mol. The molecule has 3 aromatic rings. The van der Waals surface area contributed by atoms with Gasteiger partial charge < -0.3 is 5.73 Å². The fourth-order valence-corrected chi connectivity index (χ4v) is 2.07. The molecule has 0 saturated heterocycles. The summed E-state index contributed by atoms with van der Waals surface area (Å²) in [6, 6.07) is 26.8. The summed E-state index contributed by atoms with van der Waals surface area (Å²) >= 11 is 0. The number of rotatable bonds is 3. The van der Waals surface area contributed by atoms with Crippen LogP contribution in [-0.4, -0.2) is 0 Å². The number of hydrogen-bond donors (Lipinski definition) is 1.